The maximum Gasteiger partial charge on any atom is 0.196 e. The number of hydrogen-bond donors (Lipinski definition) is 4. The third-order valence-corrected chi connectivity index (χ3v) is 4.29. The molecule has 0 heterocycles. The molecule has 0 saturated carbocycles. The van der Waals surface area contributed by atoms with Crippen LogP contribution in [0.4, 0.5) is 0 Å². The fourth-order valence-corrected chi connectivity index (χ4v) is 3.29. The van der Waals surface area contributed by atoms with Crippen molar-refractivity contribution in [1.29, 1.82) is 0 Å². The number of ketones is 2. The van der Waals surface area contributed by atoms with E-state index in [-0.39, 0.29) is 40.9 Å². The smallest absolute Gasteiger partial charge is 0.196 e. The average molecular weight is 320 g/mol. The van der Waals surface area contributed by atoms with E-state index < -0.39 is 34.8 Å². The van der Waals surface area contributed by atoms with E-state index in [9.17, 15) is 30.0 Å². The summed E-state index contributed by atoms with van der Waals surface area (Å²) in [6.45, 7) is 1.45. The number of methoxy groups -OCH3 is 1. The molecule has 2 atom stereocenters. The number of Topliss-reactive ketones (excluding diaryl/α,β-unsaturated/α-hetero) is 2. The Morgan fingerprint density at radius 1 is 1.22 bits per heavy atom. The van der Waals surface area contributed by atoms with Crippen molar-refractivity contribution in [2.75, 3.05) is 7.11 Å². The van der Waals surface area contributed by atoms with E-state index in [4.69, 9.17) is 4.74 Å². The van der Waals surface area contributed by atoms with Gasteiger partial charge in [0.15, 0.2) is 23.1 Å². The van der Waals surface area contributed by atoms with E-state index in [0.717, 1.165) is 6.07 Å². The zero-order valence-electron chi connectivity index (χ0n) is 12.6. The maximum atomic E-state index is 12.7. The van der Waals surface area contributed by atoms with E-state index in [1.54, 1.807) is 0 Å². The van der Waals surface area contributed by atoms with Crippen LogP contribution in [0.15, 0.2) is 17.2 Å². The van der Waals surface area contributed by atoms with Crippen LogP contribution >= 0.6 is 0 Å². The van der Waals surface area contributed by atoms with E-state index in [1.165, 1.54) is 14.0 Å². The second-order valence-corrected chi connectivity index (χ2v) is 6.14. The van der Waals surface area contributed by atoms with Crippen molar-refractivity contribution in [3.63, 3.8) is 0 Å². The molecule has 3 rings (SSSR count). The Kier molecular flexibility index (Phi) is 3.24. The van der Waals surface area contributed by atoms with Gasteiger partial charge in [-0.1, -0.05) is 0 Å². The summed E-state index contributed by atoms with van der Waals surface area (Å²) in [4.78, 5) is 25.3. The molecule has 1 aromatic rings. The predicted octanol–water partition coefficient (Wildman–Crippen LogP) is 0.688. The van der Waals surface area contributed by atoms with Gasteiger partial charge in [-0.2, -0.15) is 0 Å². The molecule has 0 amide bonds. The molecule has 0 bridgehead atoms. The Morgan fingerprint density at radius 3 is 2.48 bits per heavy atom. The monoisotopic (exact) mass is 320 g/mol. The maximum absolute atomic E-state index is 12.7. The topological polar surface area (TPSA) is 124 Å². The zero-order chi connectivity index (χ0) is 17.1. The number of fused-ring (bicyclic) bond motifs is 1. The Hall–Kier alpha value is -2.38. The molecule has 7 nitrogen and oxygen atoms in total. The normalized spacial score (nSPS) is 26.9. The predicted molar refractivity (Wildman–Crippen MR) is 77.9 cm³/mol. The summed E-state index contributed by atoms with van der Waals surface area (Å²) in [5, 5.41) is 40.5. The first kappa shape index (κ1) is 15.5. The fraction of sp³-hybridized carbons (Fsp3) is 0.375. The number of rotatable bonds is 1. The van der Waals surface area contributed by atoms with Crippen molar-refractivity contribution in [1.82, 2.24) is 0 Å². The highest BCUT2D eigenvalue weighted by atomic mass is 16.5. The standard InChI is InChI=1S/C16H16O7/c1-16(22)4-6-10(8(18)5-16)15(21)11-7(17)3-9(23-2)14(20)12(11)13(6)19/h3,8,17-18,20,22H,4-5H2,1-2H3/t8-,16-/m0/s1. The second-order valence-electron chi connectivity index (χ2n) is 6.14. The van der Waals surface area contributed by atoms with Gasteiger partial charge in [0.05, 0.1) is 29.9 Å². The van der Waals surface area contributed by atoms with Crippen molar-refractivity contribution in [2.24, 2.45) is 0 Å². The van der Waals surface area contributed by atoms with E-state index in [2.05, 4.69) is 0 Å². The van der Waals surface area contributed by atoms with Crippen LogP contribution < -0.4 is 4.74 Å². The summed E-state index contributed by atoms with van der Waals surface area (Å²) in [5.41, 5.74) is -2.24. The highest BCUT2D eigenvalue weighted by Gasteiger charge is 2.46. The van der Waals surface area contributed by atoms with Crippen LogP contribution in [0, 0.1) is 0 Å². The van der Waals surface area contributed by atoms with Crippen LogP contribution in [0.1, 0.15) is 40.5 Å². The molecule has 0 aliphatic heterocycles. The average Bonchev–Trinajstić information content (AvgIpc) is 2.44. The van der Waals surface area contributed by atoms with Crippen molar-refractivity contribution in [3.05, 3.63) is 28.3 Å². The van der Waals surface area contributed by atoms with Crippen molar-refractivity contribution >= 4 is 11.6 Å². The summed E-state index contributed by atoms with van der Waals surface area (Å²) in [7, 11) is 1.25. The fourth-order valence-electron chi connectivity index (χ4n) is 3.29. The summed E-state index contributed by atoms with van der Waals surface area (Å²) in [5.74, 6) is -2.64. The molecule has 7 heteroatoms. The van der Waals surface area contributed by atoms with Gasteiger partial charge >= 0.3 is 0 Å². The highest BCUT2D eigenvalue weighted by Crippen LogP contribution is 2.47. The van der Waals surface area contributed by atoms with E-state index in [0.29, 0.717) is 0 Å². The number of benzene rings is 1. The summed E-state index contributed by atoms with van der Waals surface area (Å²) >= 11 is 0. The number of phenolic OH excluding ortho intramolecular Hbond substituents is 2. The minimum absolute atomic E-state index is 0.0470. The van der Waals surface area contributed by atoms with Crippen LogP contribution in [0.25, 0.3) is 0 Å². The van der Waals surface area contributed by atoms with Crippen molar-refractivity contribution < 1.29 is 34.8 Å². The Balaban J connectivity index is 2.29. The number of aliphatic hydroxyl groups excluding tert-OH is 1. The SMILES string of the molecule is COc1cc(O)c2c(c1O)C(=O)C1=C(C2=O)[C@@H](O)C[C@@](C)(O)C1. The van der Waals surface area contributed by atoms with Gasteiger partial charge in [-0.25, -0.2) is 0 Å². The zero-order valence-corrected chi connectivity index (χ0v) is 12.6. The van der Waals surface area contributed by atoms with Crippen molar-refractivity contribution in [3.8, 4) is 17.2 Å². The number of aromatic hydroxyl groups is 2. The Morgan fingerprint density at radius 2 is 1.87 bits per heavy atom. The van der Waals surface area contributed by atoms with E-state index in [1.807, 2.05) is 0 Å². The summed E-state index contributed by atoms with van der Waals surface area (Å²) in [6.07, 6.45) is -1.54. The Labute approximate surface area is 131 Å². The molecule has 1 aromatic carbocycles. The lowest BCUT2D eigenvalue weighted by atomic mass is 9.71. The van der Waals surface area contributed by atoms with Gasteiger partial charge in [-0.15, -0.1) is 0 Å². The van der Waals surface area contributed by atoms with Gasteiger partial charge in [-0.3, -0.25) is 9.59 Å². The van der Waals surface area contributed by atoms with Crippen molar-refractivity contribution in [2.45, 2.75) is 31.5 Å². The first-order valence-corrected chi connectivity index (χ1v) is 7.03. The molecular weight excluding hydrogens is 304 g/mol. The number of hydrogen-bond acceptors (Lipinski definition) is 7. The molecule has 0 spiro atoms. The van der Waals surface area contributed by atoms with Crippen LogP contribution in [0.5, 0.6) is 17.2 Å². The lowest BCUT2D eigenvalue weighted by Gasteiger charge is -2.36. The van der Waals surface area contributed by atoms with Crippen LogP contribution in [0.3, 0.4) is 0 Å². The third-order valence-electron chi connectivity index (χ3n) is 4.29. The first-order valence-electron chi connectivity index (χ1n) is 7.03. The molecule has 0 fully saturated rings. The molecule has 2 aliphatic rings. The van der Waals surface area contributed by atoms with Crippen LogP contribution in [-0.2, 0) is 0 Å². The lowest BCUT2D eigenvalue weighted by Crippen LogP contribution is -2.42. The van der Waals surface area contributed by atoms with Gasteiger partial charge in [0.2, 0.25) is 0 Å². The number of aliphatic hydroxyl groups is 2. The van der Waals surface area contributed by atoms with Crippen LogP contribution in [-0.4, -0.2) is 50.8 Å². The quantitative estimate of drug-likeness (QED) is 0.561. The number of phenols is 2. The van der Waals surface area contributed by atoms with E-state index >= 15 is 0 Å². The molecule has 2 aliphatic carbocycles. The van der Waals surface area contributed by atoms with Gasteiger partial charge in [0, 0.05) is 30.1 Å². The minimum Gasteiger partial charge on any atom is -0.507 e. The minimum atomic E-state index is -1.35. The third kappa shape index (κ3) is 2.12. The van der Waals surface area contributed by atoms with Gasteiger partial charge < -0.3 is 25.2 Å². The summed E-state index contributed by atoms with van der Waals surface area (Å²) < 4.78 is 4.89. The molecular formula is C16H16O7. The lowest BCUT2D eigenvalue weighted by molar-refractivity contribution is 0.00373. The van der Waals surface area contributed by atoms with Gasteiger partial charge in [0.1, 0.15) is 5.75 Å². The van der Waals surface area contributed by atoms with Crippen LogP contribution in [0.2, 0.25) is 0 Å². The highest BCUT2D eigenvalue weighted by molar-refractivity contribution is 6.29. The number of carbonyl (C=O) groups is 2. The largest absolute Gasteiger partial charge is 0.507 e. The second kappa shape index (κ2) is 4.81. The number of carbonyl (C=O) groups excluding carboxylic acids is 2. The summed E-state index contributed by atoms with van der Waals surface area (Å²) in [6, 6.07) is 1.04. The molecule has 23 heavy (non-hydrogen) atoms. The molecule has 0 aromatic heterocycles. The molecule has 122 valence electrons. The first-order chi connectivity index (χ1) is 10.7. The molecule has 0 radical (unpaired) electrons. The number of ether oxygens (including phenoxy) is 1. The molecule has 0 unspecified atom stereocenters. The molecule has 4 N–H and O–H groups in total. The Bertz CT molecular complexity index is 773. The molecule has 0 saturated heterocycles. The van der Waals surface area contributed by atoms with Gasteiger partial charge in [0.25, 0.3) is 0 Å². The van der Waals surface area contributed by atoms with Gasteiger partial charge in [-0.05, 0) is 6.92 Å².